The summed E-state index contributed by atoms with van der Waals surface area (Å²) >= 11 is 6.36. The topological polar surface area (TPSA) is 55.8 Å². The Kier molecular flexibility index (Phi) is 6.26. The zero-order chi connectivity index (χ0) is 19.2. The Morgan fingerprint density at radius 3 is 2.70 bits per heavy atom. The van der Waals surface area contributed by atoms with Crippen molar-refractivity contribution in [2.45, 2.75) is 6.61 Å². The average Bonchev–Trinajstić information content (AvgIpc) is 2.94. The summed E-state index contributed by atoms with van der Waals surface area (Å²) in [5, 5.41) is 0. The molecule has 0 saturated carbocycles. The van der Waals surface area contributed by atoms with Gasteiger partial charge >= 0.3 is 5.97 Å². The Hall–Kier alpha value is -2.64. The number of carbonyl (C=O) groups excluding carboxylic acids is 2. The molecule has 3 rings (SSSR count). The van der Waals surface area contributed by atoms with Gasteiger partial charge in [-0.2, -0.15) is 0 Å². The Labute approximate surface area is 167 Å². The van der Waals surface area contributed by atoms with Crippen LogP contribution in [0.15, 0.2) is 59.5 Å². The van der Waals surface area contributed by atoms with Gasteiger partial charge in [-0.25, -0.2) is 0 Å². The van der Waals surface area contributed by atoms with Crippen molar-refractivity contribution in [1.29, 1.82) is 0 Å². The first kappa shape index (κ1) is 19.1. The molecule has 1 aliphatic heterocycles. The lowest BCUT2D eigenvalue weighted by atomic mass is 10.2. The van der Waals surface area contributed by atoms with Crippen molar-refractivity contribution < 1.29 is 19.1 Å². The number of thioether (sulfide) groups is 1. The third kappa shape index (κ3) is 4.96. The first-order chi connectivity index (χ1) is 13.1. The van der Waals surface area contributed by atoms with Crippen molar-refractivity contribution >= 4 is 46.3 Å². The molecule has 1 fully saturated rings. The minimum atomic E-state index is -0.510. The van der Waals surface area contributed by atoms with Gasteiger partial charge in [-0.05, 0) is 29.3 Å². The van der Waals surface area contributed by atoms with E-state index in [4.69, 9.17) is 17.0 Å². The number of benzene rings is 2. The van der Waals surface area contributed by atoms with E-state index in [9.17, 15) is 9.59 Å². The molecule has 0 unspecified atom stereocenters. The SMILES string of the molecule is COC(=O)CN1C(=O)C(=Cc2cccc(OCc3ccccc3)c2)SC1=S. The van der Waals surface area contributed by atoms with Crippen molar-refractivity contribution in [2.24, 2.45) is 0 Å². The second kappa shape index (κ2) is 8.83. The van der Waals surface area contributed by atoms with Crippen LogP contribution in [0.2, 0.25) is 0 Å². The van der Waals surface area contributed by atoms with E-state index in [0.717, 1.165) is 11.1 Å². The highest BCUT2D eigenvalue weighted by atomic mass is 32.2. The Balaban J connectivity index is 1.70. The van der Waals surface area contributed by atoms with Gasteiger partial charge in [0.2, 0.25) is 0 Å². The average molecular weight is 399 g/mol. The van der Waals surface area contributed by atoms with Crippen LogP contribution in [-0.4, -0.2) is 34.8 Å². The van der Waals surface area contributed by atoms with Gasteiger partial charge in [-0.3, -0.25) is 14.5 Å². The van der Waals surface area contributed by atoms with E-state index in [1.54, 1.807) is 6.08 Å². The van der Waals surface area contributed by atoms with E-state index < -0.39 is 5.97 Å². The minimum Gasteiger partial charge on any atom is -0.489 e. The minimum absolute atomic E-state index is 0.182. The van der Waals surface area contributed by atoms with Crippen LogP contribution < -0.4 is 4.74 Å². The second-order valence-corrected chi connectivity index (χ2v) is 7.37. The monoisotopic (exact) mass is 399 g/mol. The van der Waals surface area contributed by atoms with Crippen LogP contribution in [0.4, 0.5) is 0 Å². The van der Waals surface area contributed by atoms with E-state index in [2.05, 4.69) is 4.74 Å². The molecule has 7 heteroatoms. The highest BCUT2D eigenvalue weighted by molar-refractivity contribution is 8.26. The van der Waals surface area contributed by atoms with Crippen molar-refractivity contribution in [2.75, 3.05) is 13.7 Å². The summed E-state index contributed by atoms with van der Waals surface area (Å²) in [7, 11) is 1.27. The molecule has 2 aromatic rings. The van der Waals surface area contributed by atoms with Crippen LogP contribution in [0.1, 0.15) is 11.1 Å². The predicted molar refractivity (Wildman–Crippen MR) is 109 cm³/mol. The van der Waals surface area contributed by atoms with Gasteiger partial charge in [0.25, 0.3) is 5.91 Å². The van der Waals surface area contributed by atoms with Gasteiger partial charge in [0.15, 0.2) is 0 Å². The number of nitrogens with zero attached hydrogens (tertiary/aromatic N) is 1. The molecule has 0 aliphatic carbocycles. The van der Waals surface area contributed by atoms with Crippen LogP contribution in [0.25, 0.3) is 6.08 Å². The molecule has 27 heavy (non-hydrogen) atoms. The summed E-state index contributed by atoms with van der Waals surface area (Å²) in [6.07, 6.45) is 1.74. The molecule has 0 N–H and O–H groups in total. The fourth-order valence-corrected chi connectivity index (χ4v) is 3.67. The van der Waals surface area contributed by atoms with Crippen molar-refractivity contribution in [3.63, 3.8) is 0 Å². The van der Waals surface area contributed by atoms with Crippen LogP contribution in [0, 0.1) is 0 Å². The lowest BCUT2D eigenvalue weighted by Crippen LogP contribution is -2.33. The highest BCUT2D eigenvalue weighted by Crippen LogP contribution is 2.32. The molecule has 138 valence electrons. The molecule has 1 heterocycles. The molecule has 0 radical (unpaired) electrons. The molecule has 1 amide bonds. The molecule has 0 bridgehead atoms. The van der Waals surface area contributed by atoms with Crippen molar-refractivity contribution in [1.82, 2.24) is 4.90 Å². The summed E-state index contributed by atoms with van der Waals surface area (Å²) in [6, 6.07) is 17.3. The zero-order valence-corrected chi connectivity index (χ0v) is 16.2. The molecule has 1 saturated heterocycles. The number of carbonyl (C=O) groups is 2. The maximum absolute atomic E-state index is 12.5. The number of hydrogen-bond donors (Lipinski definition) is 0. The largest absolute Gasteiger partial charge is 0.489 e. The summed E-state index contributed by atoms with van der Waals surface area (Å²) in [5.74, 6) is -0.104. The lowest BCUT2D eigenvalue weighted by molar-refractivity contribution is -0.143. The van der Waals surface area contributed by atoms with Gasteiger partial charge in [0.1, 0.15) is 23.2 Å². The van der Waals surface area contributed by atoms with Crippen LogP contribution in [-0.2, 0) is 20.9 Å². The maximum Gasteiger partial charge on any atom is 0.325 e. The summed E-state index contributed by atoms with van der Waals surface area (Å²) in [6.45, 7) is 0.282. The fraction of sp³-hybridized carbons (Fsp3) is 0.150. The fourth-order valence-electron chi connectivity index (χ4n) is 2.42. The first-order valence-electron chi connectivity index (χ1n) is 8.16. The standard InChI is InChI=1S/C20H17NO4S2/c1-24-18(22)12-21-19(23)17(27-20(21)26)11-15-8-5-9-16(10-15)25-13-14-6-3-2-4-7-14/h2-11H,12-13H2,1H3. The van der Waals surface area contributed by atoms with Crippen molar-refractivity contribution in [3.8, 4) is 5.75 Å². The Morgan fingerprint density at radius 2 is 1.96 bits per heavy atom. The smallest absolute Gasteiger partial charge is 0.325 e. The van der Waals surface area contributed by atoms with E-state index in [1.165, 1.54) is 23.8 Å². The van der Waals surface area contributed by atoms with Crippen LogP contribution in [0.3, 0.4) is 0 Å². The molecule has 0 spiro atoms. The summed E-state index contributed by atoms with van der Waals surface area (Å²) in [4.78, 5) is 25.6. The lowest BCUT2D eigenvalue weighted by Gasteiger charge is -2.11. The van der Waals surface area contributed by atoms with E-state index in [0.29, 0.717) is 21.6 Å². The van der Waals surface area contributed by atoms with Gasteiger partial charge < -0.3 is 9.47 Å². The van der Waals surface area contributed by atoms with E-state index >= 15 is 0 Å². The molecule has 0 aromatic heterocycles. The Morgan fingerprint density at radius 1 is 1.19 bits per heavy atom. The zero-order valence-electron chi connectivity index (χ0n) is 14.6. The number of thiocarbonyl (C=S) groups is 1. The van der Waals surface area contributed by atoms with Gasteiger partial charge in [0.05, 0.1) is 12.0 Å². The summed E-state index contributed by atoms with van der Waals surface area (Å²) in [5.41, 5.74) is 1.89. The molecule has 1 aliphatic rings. The van der Waals surface area contributed by atoms with Crippen LogP contribution in [0.5, 0.6) is 5.75 Å². The first-order valence-corrected chi connectivity index (χ1v) is 9.38. The normalized spacial score (nSPS) is 15.3. The molecule has 0 atom stereocenters. The third-order valence-corrected chi connectivity index (χ3v) is 5.17. The number of amides is 1. The number of methoxy groups -OCH3 is 1. The molecular formula is C20H17NO4S2. The molecular weight excluding hydrogens is 382 g/mol. The maximum atomic E-state index is 12.5. The third-order valence-electron chi connectivity index (χ3n) is 3.79. The number of ether oxygens (including phenoxy) is 2. The van der Waals surface area contributed by atoms with Crippen molar-refractivity contribution in [3.05, 3.63) is 70.6 Å². The number of esters is 1. The number of rotatable bonds is 6. The van der Waals surface area contributed by atoms with Crippen LogP contribution >= 0.6 is 24.0 Å². The number of hydrogen-bond acceptors (Lipinski definition) is 6. The second-order valence-electron chi connectivity index (χ2n) is 5.69. The van der Waals surface area contributed by atoms with Gasteiger partial charge in [-0.15, -0.1) is 0 Å². The quantitative estimate of drug-likeness (QED) is 0.420. The van der Waals surface area contributed by atoms with E-state index in [-0.39, 0.29) is 12.5 Å². The summed E-state index contributed by atoms with van der Waals surface area (Å²) < 4.78 is 10.8. The van der Waals surface area contributed by atoms with Gasteiger partial charge in [0, 0.05) is 0 Å². The molecule has 5 nitrogen and oxygen atoms in total. The Bertz CT molecular complexity index is 896. The predicted octanol–water partition coefficient (Wildman–Crippen LogP) is 3.64. The van der Waals surface area contributed by atoms with Gasteiger partial charge in [-0.1, -0.05) is 66.4 Å². The molecule has 2 aromatic carbocycles. The highest BCUT2D eigenvalue weighted by Gasteiger charge is 2.33. The van der Waals surface area contributed by atoms with E-state index in [1.807, 2.05) is 54.6 Å².